The lowest BCUT2D eigenvalue weighted by Gasteiger charge is -2.32. The van der Waals surface area contributed by atoms with Crippen LogP contribution in [0.4, 0.5) is 5.69 Å². The summed E-state index contributed by atoms with van der Waals surface area (Å²) in [7, 11) is 5.14. The predicted molar refractivity (Wildman–Crippen MR) is 122 cm³/mol. The minimum Gasteiger partial charge on any atom is -0.497 e. The molecule has 2 amide bonds. The lowest BCUT2D eigenvalue weighted by molar-refractivity contribution is 0.0664. The molecule has 8 nitrogen and oxygen atoms in total. The molecular weight excluding hydrogens is 410 g/mol. The fraction of sp³-hybridized carbons (Fsp3) is 0.333. The first kappa shape index (κ1) is 21.7. The molecule has 168 valence electrons. The molecule has 1 saturated heterocycles. The fourth-order valence-corrected chi connectivity index (χ4v) is 3.92. The van der Waals surface area contributed by atoms with E-state index in [4.69, 9.17) is 13.9 Å². The highest BCUT2D eigenvalue weighted by molar-refractivity contribution is 6.14. The molecule has 2 aromatic carbocycles. The number of furan rings is 1. The van der Waals surface area contributed by atoms with Crippen LogP contribution < -0.4 is 14.8 Å². The van der Waals surface area contributed by atoms with E-state index in [1.807, 2.05) is 11.9 Å². The van der Waals surface area contributed by atoms with Gasteiger partial charge in [0.15, 0.2) is 0 Å². The Hall–Kier alpha value is -3.52. The number of fused-ring (bicyclic) bond motifs is 1. The molecule has 4 rings (SSSR count). The van der Waals surface area contributed by atoms with Gasteiger partial charge in [-0.2, -0.15) is 0 Å². The lowest BCUT2D eigenvalue weighted by Crippen LogP contribution is -2.47. The smallest absolute Gasteiger partial charge is 0.259 e. The first-order chi connectivity index (χ1) is 15.4. The number of nitrogens with zero attached hydrogens (tertiary/aromatic N) is 2. The number of ether oxygens (including phenoxy) is 2. The van der Waals surface area contributed by atoms with Crippen molar-refractivity contribution in [3.8, 4) is 11.5 Å². The molecule has 0 bridgehead atoms. The molecule has 0 atom stereocenters. The number of piperazine rings is 1. The molecule has 2 heterocycles. The molecule has 0 saturated carbocycles. The van der Waals surface area contributed by atoms with Crippen LogP contribution in [0.25, 0.3) is 11.0 Å². The third-order valence-electron chi connectivity index (χ3n) is 5.78. The van der Waals surface area contributed by atoms with Gasteiger partial charge in [0, 0.05) is 37.1 Å². The molecule has 1 N–H and O–H groups in total. The van der Waals surface area contributed by atoms with Crippen LogP contribution in [0.15, 0.2) is 40.8 Å². The van der Waals surface area contributed by atoms with Crippen LogP contribution in [-0.4, -0.2) is 69.1 Å². The summed E-state index contributed by atoms with van der Waals surface area (Å²) in [6.45, 7) is 4.76. The summed E-state index contributed by atoms with van der Waals surface area (Å²) < 4.78 is 16.5. The van der Waals surface area contributed by atoms with E-state index < -0.39 is 0 Å². The number of hydrogen-bond donors (Lipinski definition) is 1. The van der Waals surface area contributed by atoms with Gasteiger partial charge >= 0.3 is 0 Å². The Morgan fingerprint density at radius 1 is 1.00 bits per heavy atom. The van der Waals surface area contributed by atoms with E-state index in [0.29, 0.717) is 58.1 Å². The van der Waals surface area contributed by atoms with Gasteiger partial charge in [0.1, 0.15) is 22.8 Å². The third-order valence-corrected chi connectivity index (χ3v) is 5.78. The summed E-state index contributed by atoms with van der Waals surface area (Å²) in [4.78, 5) is 30.2. The number of benzene rings is 2. The first-order valence-electron chi connectivity index (χ1n) is 10.5. The molecule has 1 aliphatic heterocycles. The number of methoxy groups -OCH3 is 2. The Bertz CT molecular complexity index is 1160. The average Bonchev–Trinajstić information content (AvgIpc) is 3.13. The maximum atomic E-state index is 13.2. The normalized spacial score (nSPS) is 14.4. The largest absolute Gasteiger partial charge is 0.497 e. The third kappa shape index (κ3) is 4.13. The predicted octanol–water partition coefficient (Wildman–Crippen LogP) is 3.40. The van der Waals surface area contributed by atoms with Crippen molar-refractivity contribution in [3.05, 3.63) is 53.3 Å². The van der Waals surface area contributed by atoms with Crippen LogP contribution in [0.1, 0.15) is 26.5 Å². The summed E-state index contributed by atoms with van der Waals surface area (Å²) in [6.07, 6.45) is 0. The van der Waals surface area contributed by atoms with Gasteiger partial charge < -0.3 is 29.0 Å². The molecular formula is C24H27N3O5. The molecule has 0 aliphatic carbocycles. The highest BCUT2D eigenvalue weighted by atomic mass is 16.5. The minimum atomic E-state index is -0.350. The number of amides is 2. The van der Waals surface area contributed by atoms with Crippen molar-refractivity contribution >= 4 is 28.5 Å². The van der Waals surface area contributed by atoms with Gasteiger partial charge in [0.2, 0.25) is 0 Å². The lowest BCUT2D eigenvalue weighted by atomic mass is 10.1. The molecule has 3 aromatic rings. The second-order valence-corrected chi connectivity index (χ2v) is 7.86. The van der Waals surface area contributed by atoms with E-state index in [1.165, 1.54) is 7.11 Å². The van der Waals surface area contributed by atoms with Crippen molar-refractivity contribution in [2.75, 3.05) is 52.8 Å². The van der Waals surface area contributed by atoms with Gasteiger partial charge in [-0.1, -0.05) is 0 Å². The molecule has 0 radical (unpaired) electrons. The van der Waals surface area contributed by atoms with Gasteiger partial charge in [-0.15, -0.1) is 0 Å². The van der Waals surface area contributed by atoms with Crippen molar-refractivity contribution in [1.82, 2.24) is 9.80 Å². The zero-order valence-corrected chi connectivity index (χ0v) is 18.7. The van der Waals surface area contributed by atoms with Crippen LogP contribution in [-0.2, 0) is 0 Å². The average molecular weight is 437 g/mol. The standard InChI is InChI=1S/C24H27N3O5/c1-15-22(18-14-17(30-3)6-8-20(18)32-15)23(28)25-19-13-16(5-7-21(19)31-4)24(29)27-11-9-26(2)10-12-27/h5-8,13-14H,9-12H2,1-4H3,(H,25,28). The Morgan fingerprint density at radius 2 is 1.75 bits per heavy atom. The number of aryl methyl sites for hydroxylation is 1. The van der Waals surface area contributed by atoms with Crippen LogP contribution in [0, 0.1) is 6.92 Å². The second kappa shape index (κ2) is 8.92. The highest BCUT2D eigenvalue weighted by Gasteiger charge is 2.23. The van der Waals surface area contributed by atoms with Crippen molar-refractivity contribution in [2.45, 2.75) is 6.92 Å². The summed E-state index contributed by atoms with van der Waals surface area (Å²) in [6, 6.07) is 10.4. The summed E-state index contributed by atoms with van der Waals surface area (Å²) in [5.41, 5.74) is 1.94. The molecule has 1 fully saturated rings. The van der Waals surface area contributed by atoms with Crippen molar-refractivity contribution in [1.29, 1.82) is 0 Å². The molecule has 0 spiro atoms. The van der Waals surface area contributed by atoms with Gasteiger partial charge in [-0.05, 0) is 50.4 Å². The summed E-state index contributed by atoms with van der Waals surface area (Å²) in [5, 5.41) is 3.55. The number of hydrogen-bond acceptors (Lipinski definition) is 6. The number of carbonyl (C=O) groups is 2. The summed E-state index contributed by atoms with van der Waals surface area (Å²) >= 11 is 0. The number of rotatable bonds is 5. The zero-order valence-electron chi connectivity index (χ0n) is 18.7. The molecule has 1 aromatic heterocycles. The van der Waals surface area contributed by atoms with E-state index in [9.17, 15) is 9.59 Å². The van der Waals surface area contributed by atoms with Crippen LogP contribution >= 0.6 is 0 Å². The minimum absolute atomic E-state index is 0.0640. The van der Waals surface area contributed by atoms with Crippen molar-refractivity contribution in [3.63, 3.8) is 0 Å². The van der Waals surface area contributed by atoms with E-state index >= 15 is 0 Å². The van der Waals surface area contributed by atoms with Gasteiger partial charge in [-0.3, -0.25) is 9.59 Å². The van der Waals surface area contributed by atoms with Crippen LogP contribution in [0.5, 0.6) is 11.5 Å². The Labute approximate surface area is 186 Å². The monoisotopic (exact) mass is 437 g/mol. The van der Waals surface area contributed by atoms with Gasteiger partial charge in [0.25, 0.3) is 11.8 Å². The topological polar surface area (TPSA) is 84.2 Å². The molecule has 32 heavy (non-hydrogen) atoms. The maximum absolute atomic E-state index is 13.2. The van der Waals surface area contributed by atoms with Crippen LogP contribution in [0.2, 0.25) is 0 Å². The van der Waals surface area contributed by atoms with E-state index in [2.05, 4.69) is 10.2 Å². The molecule has 8 heteroatoms. The quantitative estimate of drug-likeness (QED) is 0.659. The zero-order chi connectivity index (χ0) is 22.8. The van der Waals surface area contributed by atoms with E-state index in [1.54, 1.807) is 50.4 Å². The number of likely N-dealkylation sites (N-methyl/N-ethyl adjacent to an activating group) is 1. The highest BCUT2D eigenvalue weighted by Crippen LogP contribution is 2.32. The summed E-state index contributed by atoms with van der Waals surface area (Å²) in [5.74, 6) is 1.18. The number of carbonyl (C=O) groups excluding carboxylic acids is 2. The first-order valence-corrected chi connectivity index (χ1v) is 10.5. The Balaban J connectivity index is 1.63. The van der Waals surface area contributed by atoms with Gasteiger partial charge in [-0.25, -0.2) is 0 Å². The van der Waals surface area contributed by atoms with Gasteiger partial charge in [0.05, 0.1) is 25.5 Å². The number of nitrogens with one attached hydrogen (secondary N) is 1. The second-order valence-electron chi connectivity index (χ2n) is 7.86. The van der Waals surface area contributed by atoms with E-state index in [0.717, 1.165) is 13.1 Å². The fourth-order valence-electron chi connectivity index (χ4n) is 3.92. The maximum Gasteiger partial charge on any atom is 0.259 e. The Morgan fingerprint density at radius 3 is 2.44 bits per heavy atom. The van der Waals surface area contributed by atoms with Crippen molar-refractivity contribution < 1.29 is 23.5 Å². The molecule has 1 aliphatic rings. The van der Waals surface area contributed by atoms with Crippen LogP contribution in [0.3, 0.4) is 0 Å². The number of anilines is 1. The Kier molecular flexibility index (Phi) is 6.05. The molecule has 0 unspecified atom stereocenters. The SMILES string of the molecule is COc1ccc2oc(C)c(C(=O)Nc3cc(C(=O)N4CCN(C)CC4)ccc3OC)c2c1. The van der Waals surface area contributed by atoms with Crippen molar-refractivity contribution in [2.24, 2.45) is 0 Å². The van der Waals surface area contributed by atoms with E-state index in [-0.39, 0.29) is 11.8 Å².